The smallest absolute Gasteiger partial charge is 0.117 e. The Morgan fingerprint density at radius 1 is 0.885 bits per heavy atom. The molecule has 0 aromatic heterocycles. The zero-order valence-electron chi connectivity index (χ0n) is 14.5. The Balaban J connectivity index is 1.94. The van der Waals surface area contributed by atoms with Crippen molar-refractivity contribution in [3.8, 4) is 5.75 Å². The van der Waals surface area contributed by atoms with Crippen LogP contribution in [-0.2, 0) is 0 Å². The molecule has 26 heavy (non-hydrogen) atoms. The molecule has 0 aliphatic carbocycles. The van der Waals surface area contributed by atoms with Crippen molar-refractivity contribution in [3.63, 3.8) is 0 Å². The highest BCUT2D eigenvalue weighted by molar-refractivity contribution is 7.99. The van der Waals surface area contributed by atoms with Crippen LogP contribution in [0.1, 0.15) is 16.7 Å². The number of nitroso groups, excluding NO2 is 1. The van der Waals surface area contributed by atoms with Crippen LogP contribution in [0.5, 0.6) is 5.75 Å². The number of aromatic hydroxyl groups is 1. The fourth-order valence-electron chi connectivity index (χ4n) is 2.48. The minimum atomic E-state index is 0.176. The second-order valence-electron chi connectivity index (χ2n) is 6.01. The average Bonchev–Trinajstić information content (AvgIpc) is 2.62. The van der Waals surface area contributed by atoms with E-state index < -0.39 is 0 Å². The predicted molar refractivity (Wildman–Crippen MR) is 107 cm³/mol. The van der Waals surface area contributed by atoms with Crippen molar-refractivity contribution >= 4 is 29.4 Å². The summed E-state index contributed by atoms with van der Waals surface area (Å²) in [5, 5.41) is 12.7. The second kappa shape index (κ2) is 7.97. The van der Waals surface area contributed by atoms with Crippen LogP contribution >= 0.6 is 11.8 Å². The lowest BCUT2D eigenvalue weighted by Gasteiger charge is -2.07. The molecular formula is C21H18N2O2S. The molecule has 0 atom stereocenters. The van der Waals surface area contributed by atoms with Gasteiger partial charge in [0, 0.05) is 27.6 Å². The highest BCUT2D eigenvalue weighted by Gasteiger charge is 2.06. The Hall–Kier alpha value is -2.92. The SMILES string of the molecule is Cc1ccc(Sc2ccc(N=O)cc2C=Nc2cc(C)cc(O)c2)cc1. The molecule has 0 saturated heterocycles. The molecule has 0 aliphatic rings. The molecule has 0 heterocycles. The van der Waals surface area contributed by atoms with E-state index in [4.69, 9.17) is 0 Å². The Morgan fingerprint density at radius 3 is 2.35 bits per heavy atom. The number of aliphatic imine (C=N–C) groups is 1. The van der Waals surface area contributed by atoms with Gasteiger partial charge in [0.25, 0.3) is 0 Å². The number of phenols is 1. The summed E-state index contributed by atoms with van der Waals surface area (Å²) in [6.45, 7) is 3.95. The van der Waals surface area contributed by atoms with Crippen LogP contribution in [0.25, 0.3) is 0 Å². The highest BCUT2D eigenvalue weighted by atomic mass is 32.2. The van der Waals surface area contributed by atoms with E-state index in [0.717, 1.165) is 20.9 Å². The van der Waals surface area contributed by atoms with Crippen LogP contribution in [0.3, 0.4) is 0 Å². The normalized spacial score (nSPS) is 11.0. The van der Waals surface area contributed by atoms with E-state index in [1.54, 1.807) is 42.2 Å². The topological polar surface area (TPSA) is 62.0 Å². The minimum Gasteiger partial charge on any atom is -0.508 e. The first kappa shape index (κ1) is 17.9. The summed E-state index contributed by atoms with van der Waals surface area (Å²) in [5.74, 6) is 0.176. The number of phenolic OH excluding ortho intramolecular Hbond substituents is 1. The van der Waals surface area contributed by atoms with Crippen molar-refractivity contribution in [2.45, 2.75) is 23.6 Å². The number of rotatable bonds is 5. The molecular weight excluding hydrogens is 344 g/mol. The summed E-state index contributed by atoms with van der Waals surface area (Å²) < 4.78 is 0. The van der Waals surface area contributed by atoms with E-state index in [-0.39, 0.29) is 5.75 Å². The molecule has 3 aromatic rings. The maximum atomic E-state index is 10.9. The molecule has 0 unspecified atom stereocenters. The van der Waals surface area contributed by atoms with Crippen LogP contribution in [0, 0.1) is 18.8 Å². The summed E-state index contributed by atoms with van der Waals surface area (Å²) in [7, 11) is 0. The van der Waals surface area contributed by atoms with Gasteiger partial charge in [0.05, 0.1) is 5.69 Å². The Kier molecular flexibility index (Phi) is 5.49. The molecule has 0 fully saturated rings. The first-order chi connectivity index (χ1) is 12.5. The summed E-state index contributed by atoms with van der Waals surface area (Å²) >= 11 is 1.60. The monoisotopic (exact) mass is 362 g/mol. The van der Waals surface area contributed by atoms with E-state index in [1.807, 2.05) is 26.0 Å². The first-order valence-corrected chi connectivity index (χ1v) is 8.92. The average molecular weight is 362 g/mol. The largest absolute Gasteiger partial charge is 0.508 e. The molecule has 130 valence electrons. The lowest BCUT2D eigenvalue weighted by Crippen LogP contribution is -1.86. The molecule has 5 heteroatoms. The predicted octanol–water partition coefficient (Wildman–Crippen LogP) is 6.31. The lowest BCUT2D eigenvalue weighted by molar-refractivity contribution is 0.475. The van der Waals surface area contributed by atoms with Crippen LogP contribution in [-0.4, -0.2) is 11.3 Å². The summed E-state index contributed by atoms with van der Waals surface area (Å²) in [6, 6.07) is 18.7. The summed E-state index contributed by atoms with van der Waals surface area (Å²) in [5.41, 5.74) is 3.93. The van der Waals surface area contributed by atoms with Gasteiger partial charge in [0.1, 0.15) is 11.4 Å². The van der Waals surface area contributed by atoms with Crippen molar-refractivity contribution in [1.82, 2.24) is 0 Å². The molecule has 1 N–H and O–H groups in total. The van der Waals surface area contributed by atoms with Crippen molar-refractivity contribution < 1.29 is 5.11 Å². The zero-order chi connectivity index (χ0) is 18.5. The quantitative estimate of drug-likeness (QED) is 0.427. The Labute approximate surface area is 156 Å². The molecule has 0 bridgehead atoms. The minimum absolute atomic E-state index is 0.176. The van der Waals surface area contributed by atoms with Crippen molar-refractivity contribution in [1.29, 1.82) is 0 Å². The van der Waals surface area contributed by atoms with E-state index in [0.29, 0.717) is 11.4 Å². The second-order valence-corrected chi connectivity index (χ2v) is 7.13. The number of benzene rings is 3. The molecule has 0 aliphatic heterocycles. The number of nitrogens with zero attached hydrogens (tertiary/aromatic N) is 2. The Bertz CT molecular complexity index is 946. The molecule has 4 nitrogen and oxygen atoms in total. The molecule has 0 spiro atoms. The summed E-state index contributed by atoms with van der Waals surface area (Å²) in [6.07, 6.45) is 1.69. The number of hydrogen-bond donors (Lipinski definition) is 1. The molecule has 3 rings (SSSR count). The molecule has 0 radical (unpaired) electrons. The van der Waals surface area contributed by atoms with Gasteiger partial charge in [-0.25, -0.2) is 0 Å². The zero-order valence-corrected chi connectivity index (χ0v) is 15.3. The van der Waals surface area contributed by atoms with Gasteiger partial charge >= 0.3 is 0 Å². The van der Waals surface area contributed by atoms with Gasteiger partial charge in [-0.05, 0) is 67.1 Å². The third-order valence-corrected chi connectivity index (χ3v) is 4.85. The van der Waals surface area contributed by atoms with Gasteiger partial charge < -0.3 is 5.11 Å². The maximum absolute atomic E-state index is 10.9. The van der Waals surface area contributed by atoms with Crippen molar-refractivity contribution in [2.75, 3.05) is 0 Å². The van der Waals surface area contributed by atoms with Crippen molar-refractivity contribution in [3.05, 3.63) is 82.3 Å². The van der Waals surface area contributed by atoms with Crippen LogP contribution < -0.4 is 0 Å². The standard InChI is InChI=1S/C21H18N2O2S/c1-14-3-6-20(7-4-14)26-21-8-5-17(23-25)11-16(21)13-22-18-9-15(2)10-19(24)12-18/h3-13,24H,1-2H3. The van der Waals surface area contributed by atoms with Crippen LogP contribution in [0.4, 0.5) is 11.4 Å². The van der Waals surface area contributed by atoms with Gasteiger partial charge in [-0.1, -0.05) is 29.5 Å². The van der Waals surface area contributed by atoms with Gasteiger partial charge in [0.2, 0.25) is 0 Å². The van der Waals surface area contributed by atoms with Gasteiger partial charge in [-0.3, -0.25) is 4.99 Å². The third-order valence-electron chi connectivity index (χ3n) is 3.75. The number of aryl methyl sites for hydroxylation is 2. The lowest BCUT2D eigenvalue weighted by atomic mass is 10.2. The molecule has 0 saturated carbocycles. The Morgan fingerprint density at radius 2 is 1.65 bits per heavy atom. The van der Waals surface area contributed by atoms with Gasteiger partial charge in [0.15, 0.2) is 0 Å². The van der Waals surface area contributed by atoms with E-state index >= 15 is 0 Å². The fraction of sp³-hybridized carbons (Fsp3) is 0.0952. The van der Waals surface area contributed by atoms with Crippen LogP contribution in [0.2, 0.25) is 0 Å². The molecule has 3 aromatic carbocycles. The van der Waals surface area contributed by atoms with E-state index in [2.05, 4.69) is 34.4 Å². The van der Waals surface area contributed by atoms with E-state index in [1.165, 1.54) is 5.56 Å². The first-order valence-electron chi connectivity index (χ1n) is 8.10. The number of hydrogen-bond acceptors (Lipinski definition) is 5. The molecule has 0 amide bonds. The van der Waals surface area contributed by atoms with Gasteiger partial charge in [-0.15, -0.1) is 4.91 Å². The van der Waals surface area contributed by atoms with Gasteiger partial charge in [-0.2, -0.15) is 0 Å². The van der Waals surface area contributed by atoms with Crippen LogP contribution in [0.15, 0.2) is 80.6 Å². The highest BCUT2D eigenvalue weighted by Crippen LogP contribution is 2.32. The summed E-state index contributed by atoms with van der Waals surface area (Å²) in [4.78, 5) is 17.4. The fourth-order valence-corrected chi connectivity index (χ4v) is 3.37. The van der Waals surface area contributed by atoms with Crippen molar-refractivity contribution in [2.24, 2.45) is 10.2 Å². The maximum Gasteiger partial charge on any atom is 0.117 e. The third kappa shape index (κ3) is 4.58. The van der Waals surface area contributed by atoms with E-state index in [9.17, 15) is 10.0 Å².